The lowest BCUT2D eigenvalue weighted by atomic mass is 10.2. The maximum atomic E-state index is 12.9. The molecule has 5 nitrogen and oxygen atoms in total. The van der Waals surface area contributed by atoms with E-state index in [0.29, 0.717) is 5.56 Å². The van der Waals surface area contributed by atoms with Gasteiger partial charge in [0.2, 0.25) is 5.91 Å². The van der Waals surface area contributed by atoms with Crippen LogP contribution in [0.2, 0.25) is 0 Å². The van der Waals surface area contributed by atoms with Crippen LogP contribution in [0.1, 0.15) is 25.8 Å². The number of urea groups is 1. The molecule has 0 fully saturated rings. The normalized spacial score (nSPS) is 10.2. The van der Waals surface area contributed by atoms with Gasteiger partial charge in [-0.15, -0.1) is 0 Å². The van der Waals surface area contributed by atoms with Crippen LogP contribution in [0.3, 0.4) is 0 Å². The van der Waals surface area contributed by atoms with Crippen molar-refractivity contribution < 1.29 is 14.0 Å². The summed E-state index contributed by atoms with van der Waals surface area (Å²) < 4.78 is 12.9. The second-order valence-corrected chi connectivity index (χ2v) is 4.71. The summed E-state index contributed by atoms with van der Waals surface area (Å²) in [4.78, 5) is 22.8. The zero-order valence-corrected chi connectivity index (χ0v) is 11.7. The molecular formula is C14H20FN3O2. The Hall–Kier alpha value is -2.11. The molecular weight excluding hydrogens is 261 g/mol. The number of amides is 3. The number of halogens is 1. The van der Waals surface area contributed by atoms with Gasteiger partial charge in [0.15, 0.2) is 0 Å². The molecule has 6 heteroatoms. The van der Waals surface area contributed by atoms with Gasteiger partial charge in [-0.2, -0.15) is 0 Å². The molecule has 0 spiro atoms. The van der Waals surface area contributed by atoms with Crippen molar-refractivity contribution in [3.8, 4) is 0 Å². The predicted octanol–water partition coefficient (Wildman–Crippen LogP) is 1.54. The molecule has 1 aromatic carbocycles. The number of hydrogen-bond acceptors (Lipinski definition) is 2. The summed E-state index contributed by atoms with van der Waals surface area (Å²) in [6.45, 7) is 4.24. The number of carbonyl (C=O) groups excluding carboxylic acids is 2. The molecule has 0 unspecified atom stereocenters. The summed E-state index contributed by atoms with van der Waals surface area (Å²) in [5.74, 6) is -0.444. The first kappa shape index (κ1) is 15.9. The summed E-state index contributed by atoms with van der Waals surface area (Å²) in [6, 6.07) is 5.71. The Morgan fingerprint density at radius 1 is 1.25 bits per heavy atom. The van der Waals surface area contributed by atoms with E-state index in [1.165, 1.54) is 12.1 Å². The van der Waals surface area contributed by atoms with E-state index in [1.54, 1.807) is 12.1 Å². The van der Waals surface area contributed by atoms with E-state index < -0.39 is 0 Å². The average Bonchev–Trinajstić information content (AvgIpc) is 2.35. The first-order valence-electron chi connectivity index (χ1n) is 6.53. The van der Waals surface area contributed by atoms with Crippen LogP contribution in [-0.4, -0.2) is 24.5 Å². The third-order valence-electron chi connectivity index (χ3n) is 2.43. The zero-order valence-electron chi connectivity index (χ0n) is 11.7. The van der Waals surface area contributed by atoms with Gasteiger partial charge in [0.05, 0.1) is 0 Å². The van der Waals surface area contributed by atoms with Crippen LogP contribution in [0.25, 0.3) is 0 Å². The molecule has 0 saturated carbocycles. The molecule has 3 N–H and O–H groups in total. The van der Waals surface area contributed by atoms with Gasteiger partial charge < -0.3 is 16.0 Å². The van der Waals surface area contributed by atoms with E-state index in [2.05, 4.69) is 16.0 Å². The Labute approximate surface area is 117 Å². The van der Waals surface area contributed by atoms with Crippen LogP contribution in [-0.2, 0) is 11.3 Å². The minimum absolute atomic E-state index is 0.0873. The molecule has 3 amide bonds. The fourth-order valence-corrected chi connectivity index (χ4v) is 1.58. The molecule has 0 saturated heterocycles. The Balaban J connectivity index is 2.19. The van der Waals surface area contributed by atoms with Crippen LogP contribution in [0, 0.1) is 5.82 Å². The molecule has 0 aliphatic carbocycles. The highest BCUT2D eigenvalue weighted by atomic mass is 19.1. The Morgan fingerprint density at radius 2 is 2.00 bits per heavy atom. The second-order valence-electron chi connectivity index (χ2n) is 4.71. The fraction of sp³-hybridized carbons (Fsp3) is 0.429. The summed E-state index contributed by atoms with van der Waals surface area (Å²) in [5, 5.41) is 7.89. The molecule has 1 rings (SSSR count). The van der Waals surface area contributed by atoms with Crippen molar-refractivity contribution in [2.24, 2.45) is 0 Å². The highest BCUT2D eigenvalue weighted by Gasteiger charge is 2.05. The minimum atomic E-state index is -0.383. The highest BCUT2D eigenvalue weighted by Crippen LogP contribution is 2.02. The number of hydrogen-bond donors (Lipinski definition) is 3. The molecule has 0 atom stereocenters. The minimum Gasteiger partial charge on any atom is -0.354 e. The number of benzene rings is 1. The maximum absolute atomic E-state index is 12.9. The largest absolute Gasteiger partial charge is 0.354 e. The van der Waals surface area contributed by atoms with E-state index in [-0.39, 0.29) is 43.3 Å². The monoisotopic (exact) mass is 281 g/mol. The third-order valence-corrected chi connectivity index (χ3v) is 2.43. The quantitative estimate of drug-likeness (QED) is 0.740. The van der Waals surface area contributed by atoms with Crippen LogP contribution in [0.15, 0.2) is 24.3 Å². The van der Waals surface area contributed by atoms with Gasteiger partial charge in [-0.3, -0.25) is 4.79 Å². The van der Waals surface area contributed by atoms with Gasteiger partial charge in [-0.1, -0.05) is 12.1 Å². The summed E-state index contributed by atoms with van der Waals surface area (Å²) in [7, 11) is 0. The lowest BCUT2D eigenvalue weighted by Crippen LogP contribution is -2.38. The van der Waals surface area contributed by atoms with Crippen molar-refractivity contribution in [1.82, 2.24) is 16.0 Å². The predicted molar refractivity (Wildman–Crippen MR) is 74.5 cm³/mol. The standard InChI is InChI=1S/C14H20FN3O2/c1-10(2)18-13(19)6-7-16-14(20)17-9-11-4-3-5-12(15)8-11/h3-5,8,10H,6-7,9H2,1-2H3,(H,18,19)(H2,16,17,20). The van der Waals surface area contributed by atoms with Crippen molar-refractivity contribution in [1.29, 1.82) is 0 Å². The summed E-state index contributed by atoms with van der Waals surface area (Å²) in [5.41, 5.74) is 0.678. The van der Waals surface area contributed by atoms with Gasteiger partial charge in [-0.25, -0.2) is 9.18 Å². The first-order valence-corrected chi connectivity index (χ1v) is 6.53. The van der Waals surface area contributed by atoms with Gasteiger partial charge in [0.25, 0.3) is 0 Å². The van der Waals surface area contributed by atoms with Crippen LogP contribution >= 0.6 is 0 Å². The maximum Gasteiger partial charge on any atom is 0.315 e. The molecule has 0 aromatic heterocycles. The summed E-state index contributed by atoms with van der Waals surface area (Å²) >= 11 is 0. The van der Waals surface area contributed by atoms with Crippen molar-refractivity contribution in [2.75, 3.05) is 6.54 Å². The smallest absolute Gasteiger partial charge is 0.315 e. The third kappa shape index (κ3) is 6.72. The van der Waals surface area contributed by atoms with Gasteiger partial charge in [0, 0.05) is 25.6 Å². The van der Waals surface area contributed by atoms with E-state index in [0.717, 1.165) is 0 Å². The molecule has 0 bridgehead atoms. The van der Waals surface area contributed by atoms with E-state index in [1.807, 2.05) is 13.8 Å². The summed E-state index contributed by atoms with van der Waals surface area (Å²) in [6.07, 6.45) is 0.228. The first-order chi connectivity index (χ1) is 9.47. The van der Waals surface area contributed by atoms with Crippen molar-refractivity contribution in [3.05, 3.63) is 35.6 Å². The van der Waals surface area contributed by atoms with Crippen LogP contribution in [0.5, 0.6) is 0 Å². The lowest BCUT2D eigenvalue weighted by molar-refractivity contribution is -0.121. The van der Waals surface area contributed by atoms with Crippen LogP contribution in [0.4, 0.5) is 9.18 Å². The van der Waals surface area contributed by atoms with Crippen molar-refractivity contribution in [3.63, 3.8) is 0 Å². The molecule has 110 valence electrons. The molecule has 0 aliphatic heterocycles. The van der Waals surface area contributed by atoms with Crippen molar-refractivity contribution >= 4 is 11.9 Å². The molecule has 20 heavy (non-hydrogen) atoms. The van der Waals surface area contributed by atoms with Gasteiger partial charge in [0.1, 0.15) is 5.82 Å². The van der Waals surface area contributed by atoms with E-state index in [4.69, 9.17) is 0 Å². The Morgan fingerprint density at radius 3 is 2.65 bits per heavy atom. The number of carbonyl (C=O) groups is 2. The van der Waals surface area contributed by atoms with Gasteiger partial charge in [-0.05, 0) is 31.5 Å². The van der Waals surface area contributed by atoms with E-state index in [9.17, 15) is 14.0 Å². The van der Waals surface area contributed by atoms with Crippen molar-refractivity contribution in [2.45, 2.75) is 32.9 Å². The zero-order chi connectivity index (χ0) is 15.0. The highest BCUT2D eigenvalue weighted by molar-refractivity contribution is 5.78. The molecule has 0 aliphatic rings. The number of rotatable bonds is 6. The molecule has 0 radical (unpaired) electrons. The Bertz CT molecular complexity index is 463. The SMILES string of the molecule is CC(C)NC(=O)CCNC(=O)NCc1cccc(F)c1. The lowest BCUT2D eigenvalue weighted by Gasteiger charge is -2.10. The average molecular weight is 281 g/mol. The topological polar surface area (TPSA) is 70.2 Å². The second kappa shape index (κ2) is 8.14. The number of nitrogens with one attached hydrogen (secondary N) is 3. The molecule has 1 aromatic rings. The van der Waals surface area contributed by atoms with Gasteiger partial charge >= 0.3 is 6.03 Å². The Kier molecular flexibility index (Phi) is 6.49. The fourth-order valence-electron chi connectivity index (χ4n) is 1.58. The molecule has 0 heterocycles. The van der Waals surface area contributed by atoms with Crippen LogP contribution < -0.4 is 16.0 Å². The van der Waals surface area contributed by atoms with E-state index >= 15 is 0 Å².